The van der Waals surface area contributed by atoms with E-state index in [0.717, 1.165) is 11.0 Å². The summed E-state index contributed by atoms with van der Waals surface area (Å²) in [6.07, 6.45) is 1.03. The molecular weight excluding hydrogens is 278 g/mol. The van der Waals surface area contributed by atoms with E-state index in [4.69, 9.17) is 0 Å². The molecule has 22 heavy (non-hydrogen) atoms. The van der Waals surface area contributed by atoms with Gasteiger partial charge in [0.05, 0.1) is 5.69 Å². The van der Waals surface area contributed by atoms with Crippen LogP contribution in [0.1, 0.15) is 5.56 Å². The fourth-order valence-corrected chi connectivity index (χ4v) is 1.96. The molecule has 0 saturated heterocycles. The number of nitrogens with zero attached hydrogens (tertiary/aromatic N) is 1. The molecule has 0 spiro atoms. The molecule has 0 aromatic heterocycles. The van der Waals surface area contributed by atoms with Crippen molar-refractivity contribution < 1.29 is 14.4 Å². The smallest absolute Gasteiger partial charge is 0.269 e. The molecule has 0 fully saturated rings. The third-order valence-electron chi connectivity index (χ3n) is 2.99. The largest absolute Gasteiger partial charge is 0.277 e. The lowest BCUT2D eigenvalue weighted by molar-refractivity contribution is -0.121. The highest BCUT2D eigenvalue weighted by atomic mass is 16.2. The lowest BCUT2D eigenvalue weighted by Gasteiger charge is -2.19. The zero-order chi connectivity index (χ0) is 15.9. The summed E-state index contributed by atoms with van der Waals surface area (Å²) in [5, 5.41) is 0. The van der Waals surface area contributed by atoms with Gasteiger partial charge in [-0.25, -0.2) is 9.69 Å². The first kappa shape index (κ1) is 15.2. The average molecular weight is 291 g/mol. The number of anilines is 1. The summed E-state index contributed by atoms with van der Waals surface area (Å²) in [4.78, 5) is 36.8. The Morgan fingerprint density at radius 1 is 0.955 bits per heavy atom. The number of carbonyl (C=O) groups is 2. The van der Waals surface area contributed by atoms with E-state index < -0.39 is 11.8 Å². The summed E-state index contributed by atoms with van der Waals surface area (Å²) < 4.78 is 0. The highest BCUT2D eigenvalue weighted by Crippen LogP contribution is 2.20. The first-order valence-electron chi connectivity index (χ1n) is 6.55. The first-order chi connectivity index (χ1) is 10.7. The van der Waals surface area contributed by atoms with Crippen molar-refractivity contribution in [1.82, 2.24) is 0 Å². The van der Waals surface area contributed by atoms with Crippen LogP contribution < -0.4 is 4.90 Å². The minimum Gasteiger partial charge on any atom is -0.269 e. The molecule has 4 nitrogen and oxygen atoms in total. The minimum atomic E-state index is -0.739. The van der Waals surface area contributed by atoms with E-state index in [2.05, 4.69) is 6.58 Å². The standard InChI is InChI=1S/C18H13NO3/c1-2-17(21)19(15-11-7-4-8-12-15)18(22)16(13-20)14-9-5-3-6-10-14/h2-12H,1H2. The van der Waals surface area contributed by atoms with Crippen molar-refractivity contribution in [2.75, 3.05) is 4.90 Å². The molecule has 0 N–H and O–H groups in total. The second kappa shape index (κ2) is 6.97. The van der Waals surface area contributed by atoms with Gasteiger partial charge in [0.2, 0.25) is 0 Å². The van der Waals surface area contributed by atoms with Crippen LogP contribution in [0.2, 0.25) is 0 Å². The van der Waals surface area contributed by atoms with Gasteiger partial charge in [0.25, 0.3) is 11.8 Å². The van der Waals surface area contributed by atoms with E-state index in [-0.39, 0.29) is 5.57 Å². The highest BCUT2D eigenvalue weighted by molar-refractivity contribution is 6.39. The fourth-order valence-electron chi connectivity index (χ4n) is 1.96. The average Bonchev–Trinajstić information content (AvgIpc) is 2.57. The molecule has 0 radical (unpaired) electrons. The molecule has 0 aliphatic carbocycles. The summed E-state index contributed by atoms with van der Waals surface area (Å²) in [6.45, 7) is 3.40. The normalized spacial score (nSPS) is 9.45. The Bertz CT molecular complexity index is 744. The van der Waals surface area contributed by atoms with E-state index in [9.17, 15) is 14.4 Å². The molecule has 4 heteroatoms. The van der Waals surface area contributed by atoms with Gasteiger partial charge < -0.3 is 0 Å². The van der Waals surface area contributed by atoms with Crippen molar-refractivity contribution in [3.05, 3.63) is 78.9 Å². The molecule has 2 rings (SSSR count). The molecular formula is C18H13NO3. The predicted molar refractivity (Wildman–Crippen MR) is 84.7 cm³/mol. The molecule has 2 amide bonds. The van der Waals surface area contributed by atoms with Gasteiger partial charge in [-0.15, -0.1) is 0 Å². The lowest BCUT2D eigenvalue weighted by atomic mass is 10.1. The second-order valence-electron chi connectivity index (χ2n) is 4.36. The van der Waals surface area contributed by atoms with Crippen LogP contribution in [0.15, 0.2) is 73.3 Å². The maximum absolute atomic E-state index is 12.6. The van der Waals surface area contributed by atoms with E-state index in [0.29, 0.717) is 11.3 Å². The Morgan fingerprint density at radius 2 is 1.50 bits per heavy atom. The lowest BCUT2D eigenvalue weighted by Crippen LogP contribution is -2.36. The molecule has 0 bridgehead atoms. The highest BCUT2D eigenvalue weighted by Gasteiger charge is 2.26. The molecule has 108 valence electrons. The Balaban J connectivity index is 2.48. The number of rotatable bonds is 4. The quantitative estimate of drug-likeness (QED) is 0.643. The van der Waals surface area contributed by atoms with Gasteiger partial charge in [0.1, 0.15) is 11.5 Å². The molecule has 0 aliphatic heterocycles. The molecule has 2 aromatic carbocycles. The van der Waals surface area contributed by atoms with Gasteiger partial charge in [0.15, 0.2) is 0 Å². The summed E-state index contributed by atoms with van der Waals surface area (Å²) in [5.41, 5.74) is 0.557. The van der Waals surface area contributed by atoms with Crippen LogP contribution >= 0.6 is 0 Å². The van der Waals surface area contributed by atoms with Gasteiger partial charge in [-0.05, 0) is 23.8 Å². The maximum atomic E-state index is 12.6. The number of carbonyl (C=O) groups excluding carboxylic acids is 3. The van der Waals surface area contributed by atoms with E-state index in [1.54, 1.807) is 66.6 Å². The fraction of sp³-hybridized carbons (Fsp3) is 0. The summed E-state index contributed by atoms with van der Waals surface area (Å²) in [6, 6.07) is 16.7. The zero-order valence-electron chi connectivity index (χ0n) is 11.7. The van der Waals surface area contributed by atoms with Crippen molar-refractivity contribution in [2.45, 2.75) is 0 Å². The SMILES string of the molecule is C=CC(=O)N(C(=O)C(=C=O)c1ccccc1)c1ccccc1. The van der Waals surface area contributed by atoms with Crippen LogP contribution in [0.4, 0.5) is 5.69 Å². The Kier molecular flexibility index (Phi) is 4.81. The summed E-state index contributed by atoms with van der Waals surface area (Å²) in [5.74, 6) is 0.286. The van der Waals surface area contributed by atoms with Crippen molar-refractivity contribution in [1.29, 1.82) is 0 Å². The van der Waals surface area contributed by atoms with Crippen LogP contribution in [0.25, 0.3) is 5.57 Å². The number of benzene rings is 2. The topological polar surface area (TPSA) is 54.5 Å². The van der Waals surface area contributed by atoms with Crippen LogP contribution in [0, 0.1) is 0 Å². The van der Waals surface area contributed by atoms with Crippen molar-refractivity contribution in [2.24, 2.45) is 0 Å². The Labute approximate surface area is 128 Å². The molecule has 0 heterocycles. The van der Waals surface area contributed by atoms with Crippen molar-refractivity contribution >= 4 is 29.0 Å². The number of imide groups is 1. The van der Waals surface area contributed by atoms with Crippen LogP contribution in [-0.4, -0.2) is 17.8 Å². The van der Waals surface area contributed by atoms with Gasteiger partial charge >= 0.3 is 0 Å². The number of amides is 2. The summed E-state index contributed by atoms with van der Waals surface area (Å²) in [7, 11) is 0. The zero-order valence-corrected chi connectivity index (χ0v) is 11.7. The van der Waals surface area contributed by atoms with Crippen LogP contribution in [0.3, 0.4) is 0 Å². The van der Waals surface area contributed by atoms with Crippen molar-refractivity contribution in [3.63, 3.8) is 0 Å². The van der Waals surface area contributed by atoms with Crippen LogP contribution in [-0.2, 0) is 14.4 Å². The molecule has 0 saturated carbocycles. The molecule has 2 aromatic rings. The van der Waals surface area contributed by atoms with E-state index >= 15 is 0 Å². The predicted octanol–water partition coefficient (Wildman–Crippen LogP) is 2.65. The third kappa shape index (κ3) is 3.08. The number of hydrogen-bond acceptors (Lipinski definition) is 3. The monoisotopic (exact) mass is 291 g/mol. The van der Waals surface area contributed by atoms with E-state index in [1.807, 2.05) is 0 Å². The molecule has 0 atom stereocenters. The van der Waals surface area contributed by atoms with E-state index in [1.165, 1.54) is 0 Å². The third-order valence-corrected chi connectivity index (χ3v) is 2.99. The van der Waals surface area contributed by atoms with Gasteiger partial charge in [-0.1, -0.05) is 55.1 Å². The van der Waals surface area contributed by atoms with Gasteiger partial charge in [-0.3, -0.25) is 9.59 Å². The van der Waals surface area contributed by atoms with Crippen LogP contribution in [0.5, 0.6) is 0 Å². The minimum absolute atomic E-state index is 0.209. The number of para-hydroxylation sites is 1. The summed E-state index contributed by atoms with van der Waals surface area (Å²) >= 11 is 0. The van der Waals surface area contributed by atoms with Gasteiger partial charge in [-0.2, -0.15) is 0 Å². The van der Waals surface area contributed by atoms with Crippen molar-refractivity contribution in [3.8, 4) is 0 Å². The van der Waals surface area contributed by atoms with Gasteiger partial charge in [0, 0.05) is 0 Å². The molecule has 0 unspecified atom stereocenters. The first-order valence-corrected chi connectivity index (χ1v) is 6.55. The Hall–Kier alpha value is -3.23. The maximum Gasteiger partial charge on any atom is 0.277 e. The second-order valence-corrected chi connectivity index (χ2v) is 4.36. The molecule has 0 aliphatic rings. The Morgan fingerprint density at radius 3 is 2.00 bits per heavy atom. The number of hydrogen-bond donors (Lipinski definition) is 0.